The van der Waals surface area contributed by atoms with Crippen LogP contribution in [0.4, 0.5) is 4.79 Å². The molecule has 86 valence electrons. The third-order valence-electron chi connectivity index (χ3n) is 2.40. The van der Waals surface area contributed by atoms with Crippen LogP contribution in [0.5, 0.6) is 0 Å². The Balaban J connectivity index is 2.24. The van der Waals surface area contributed by atoms with E-state index < -0.39 is 0 Å². The summed E-state index contributed by atoms with van der Waals surface area (Å²) in [5, 5.41) is 0. The van der Waals surface area contributed by atoms with Gasteiger partial charge in [0.25, 0.3) is 0 Å². The SMILES string of the molecule is C=CCOC(=O)N1CCN(CCN)CC1. The molecule has 0 bridgehead atoms. The lowest BCUT2D eigenvalue weighted by molar-refractivity contribution is 0.0841. The number of amides is 1. The van der Waals surface area contributed by atoms with Crippen LogP contribution in [0.2, 0.25) is 0 Å². The van der Waals surface area contributed by atoms with Crippen molar-refractivity contribution < 1.29 is 9.53 Å². The van der Waals surface area contributed by atoms with Crippen LogP contribution in [0.25, 0.3) is 0 Å². The second-order valence-corrected chi connectivity index (χ2v) is 3.48. The Bertz CT molecular complexity index is 213. The monoisotopic (exact) mass is 213 g/mol. The number of rotatable bonds is 4. The maximum absolute atomic E-state index is 11.4. The molecule has 15 heavy (non-hydrogen) atoms. The quantitative estimate of drug-likeness (QED) is 0.662. The molecule has 0 unspecified atom stereocenters. The number of nitrogens with zero attached hydrogens (tertiary/aromatic N) is 2. The summed E-state index contributed by atoms with van der Waals surface area (Å²) in [6, 6.07) is 0. The van der Waals surface area contributed by atoms with E-state index in [0.29, 0.717) is 6.54 Å². The van der Waals surface area contributed by atoms with E-state index in [1.165, 1.54) is 0 Å². The summed E-state index contributed by atoms with van der Waals surface area (Å²) in [5.41, 5.74) is 5.46. The van der Waals surface area contributed by atoms with Crippen molar-refractivity contribution in [1.29, 1.82) is 0 Å². The molecular weight excluding hydrogens is 194 g/mol. The first-order chi connectivity index (χ1) is 7.27. The summed E-state index contributed by atoms with van der Waals surface area (Å²) < 4.78 is 4.95. The Morgan fingerprint density at radius 2 is 2.07 bits per heavy atom. The molecule has 1 heterocycles. The van der Waals surface area contributed by atoms with Gasteiger partial charge in [-0.2, -0.15) is 0 Å². The molecule has 0 aromatic heterocycles. The molecule has 5 heteroatoms. The number of hydrogen-bond acceptors (Lipinski definition) is 4. The van der Waals surface area contributed by atoms with Gasteiger partial charge in [0, 0.05) is 39.3 Å². The van der Waals surface area contributed by atoms with Crippen molar-refractivity contribution in [2.75, 3.05) is 45.9 Å². The van der Waals surface area contributed by atoms with Crippen molar-refractivity contribution >= 4 is 6.09 Å². The molecule has 1 amide bonds. The van der Waals surface area contributed by atoms with Crippen LogP contribution < -0.4 is 5.73 Å². The number of carbonyl (C=O) groups is 1. The van der Waals surface area contributed by atoms with E-state index in [1.807, 2.05) is 0 Å². The summed E-state index contributed by atoms with van der Waals surface area (Å²) in [6.07, 6.45) is 1.32. The van der Waals surface area contributed by atoms with Crippen molar-refractivity contribution in [1.82, 2.24) is 9.80 Å². The van der Waals surface area contributed by atoms with Gasteiger partial charge in [0.05, 0.1) is 0 Å². The fourth-order valence-corrected chi connectivity index (χ4v) is 1.56. The number of hydrogen-bond donors (Lipinski definition) is 1. The second-order valence-electron chi connectivity index (χ2n) is 3.48. The van der Waals surface area contributed by atoms with E-state index >= 15 is 0 Å². The van der Waals surface area contributed by atoms with Crippen LogP contribution in [0.3, 0.4) is 0 Å². The highest BCUT2D eigenvalue weighted by Crippen LogP contribution is 2.02. The Morgan fingerprint density at radius 3 is 2.60 bits per heavy atom. The van der Waals surface area contributed by atoms with Crippen LogP contribution in [-0.2, 0) is 4.74 Å². The molecule has 5 nitrogen and oxygen atoms in total. The van der Waals surface area contributed by atoms with Gasteiger partial charge < -0.3 is 15.4 Å². The minimum Gasteiger partial charge on any atom is -0.445 e. The normalized spacial score (nSPS) is 17.5. The van der Waals surface area contributed by atoms with Gasteiger partial charge in [-0.25, -0.2) is 4.79 Å². The number of ether oxygens (including phenoxy) is 1. The van der Waals surface area contributed by atoms with E-state index in [2.05, 4.69) is 11.5 Å². The molecular formula is C10H19N3O2. The molecule has 0 aliphatic carbocycles. The number of piperazine rings is 1. The molecule has 1 aliphatic heterocycles. The van der Waals surface area contributed by atoms with E-state index in [9.17, 15) is 4.79 Å². The van der Waals surface area contributed by atoms with Crippen LogP contribution in [0, 0.1) is 0 Å². The summed E-state index contributed by atoms with van der Waals surface area (Å²) in [7, 11) is 0. The summed E-state index contributed by atoms with van der Waals surface area (Å²) in [6.45, 7) is 8.53. The van der Waals surface area contributed by atoms with Gasteiger partial charge >= 0.3 is 6.09 Å². The first kappa shape index (κ1) is 12.0. The maximum Gasteiger partial charge on any atom is 0.410 e. The lowest BCUT2D eigenvalue weighted by Gasteiger charge is -2.33. The Labute approximate surface area is 90.5 Å². The molecule has 0 aromatic rings. The molecule has 0 aromatic carbocycles. The zero-order valence-corrected chi connectivity index (χ0v) is 9.02. The molecule has 1 rings (SSSR count). The Kier molecular flexibility index (Phi) is 5.14. The molecule has 0 radical (unpaired) electrons. The largest absolute Gasteiger partial charge is 0.445 e. The van der Waals surface area contributed by atoms with Crippen molar-refractivity contribution in [3.63, 3.8) is 0 Å². The minimum absolute atomic E-state index is 0.248. The smallest absolute Gasteiger partial charge is 0.410 e. The van der Waals surface area contributed by atoms with Crippen LogP contribution in [-0.4, -0.2) is 61.8 Å². The Morgan fingerprint density at radius 1 is 1.40 bits per heavy atom. The number of carbonyl (C=O) groups excluding carboxylic acids is 1. The molecule has 0 atom stereocenters. The number of nitrogens with two attached hydrogens (primary N) is 1. The average Bonchev–Trinajstić information content (AvgIpc) is 2.27. The standard InChI is InChI=1S/C10H19N3O2/c1-2-9-15-10(14)13-7-5-12(4-3-11)6-8-13/h2H,1,3-9,11H2. The minimum atomic E-state index is -0.248. The highest BCUT2D eigenvalue weighted by Gasteiger charge is 2.20. The summed E-state index contributed by atoms with van der Waals surface area (Å²) in [5.74, 6) is 0. The zero-order valence-electron chi connectivity index (χ0n) is 9.02. The summed E-state index contributed by atoms with van der Waals surface area (Å²) in [4.78, 5) is 15.4. The topological polar surface area (TPSA) is 58.8 Å². The van der Waals surface area contributed by atoms with Gasteiger partial charge in [0.2, 0.25) is 0 Å². The van der Waals surface area contributed by atoms with Crippen LogP contribution >= 0.6 is 0 Å². The van der Waals surface area contributed by atoms with E-state index in [0.717, 1.165) is 32.7 Å². The van der Waals surface area contributed by atoms with Gasteiger partial charge in [-0.3, -0.25) is 4.90 Å². The van der Waals surface area contributed by atoms with E-state index in [-0.39, 0.29) is 12.7 Å². The van der Waals surface area contributed by atoms with Gasteiger partial charge in [0.15, 0.2) is 0 Å². The van der Waals surface area contributed by atoms with Gasteiger partial charge in [-0.05, 0) is 0 Å². The van der Waals surface area contributed by atoms with Crippen molar-refractivity contribution in [3.8, 4) is 0 Å². The average molecular weight is 213 g/mol. The fraction of sp³-hybridized carbons (Fsp3) is 0.700. The highest BCUT2D eigenvalue weighted by molar-refractivity contribution is 5.67. The first-order valence-electron chi connectivity index (χ1n) is 5.23. The maximum atomic E-state index is 11.4. The van der Waals surface area contributed by atoms with Gasteiger partial charge in [-0.15, -0.1) is 0 Å². The second kappa shape index (κ2) is 6.42. The molecule has 2 N–H and O–H groups in total. The molecule has 1 saturated heterocycles. The third kappa shape index (κ3) is 3.89. The van der Waals surface area contributed by atoms with Crippen molar-refractivity contribution in [2.24, 2.45) is 5.73 Å². The van der Waals surface area contributed by atoms with E-state index in [4.69, 9.17) is 10.5 Å². The van der Waals surface area contributed by atoms with Gasteiger partial charge in [0.1, 0.15) is 6.61 Å². The first-order valence-corrected chi connectivity index (χ1v) is 5.23. The van der Waals surface area contributed by atoms with Crippen molar-refractivity contribution in [2.45, 2.75) is 0 Å². The predicted octanol–water partition coefficient (Wildman–Crippen LogP) is -0.115. The third-order valence-corrected chi connectivity index (χ3v) is 2.40. The molecule has 1 aliphatic rings. The van der Waals surface area contributed by atoms with Crippen LogP contribution in [0.1, 0.15) is 0 Å². The fourth-order valence-electron chi connectivity index (χ4n) is 1.56. The zero-order chi connectivity index (χ0) is 11.1. The molecule has 0 saturated carbocycles. The lowest BCUT2D eigenvalue weighted by atomic mass is 10.3. The summed E-state index contributed by atoms with van der Waals surface area (Å²) >= 11 is 0. The highest BCUT2D eigenvalue weighted by atomic mass is 16.6. The van der Waals surface area contributed by atoms with Crippen molar-refractivity contribution in [3.05, 3.63) is 12.7 Å². The predicted molar refractivity (Wildman–Crippen MR) is 58.6 cm³/mol. The van der Waals surface area contributed by atoms with Gasteiger partial charge in [-0.1, -0.05) is 12.7 Å². The molecule has 0 spiro atoms. The van der Waals surface area contributed by atoms with Crippen LogP contribution in [0.15, 0.2) is 12.7 Å². The lowest BCUT2D eigenvalue weighted by Crippen LogP contribution is -2.49. The molecule has 1 fully saturated rings. The van der Waals surface area contributed by atoms with E-state index in [1.54, 1.807) is 11.0 Å². The Hall–Kier alpha value is -1.07.